The molecule has 0 spiro atoms. The summed E-state index contributed by atoms with van der Waals surface area (Å²) >= 11 is 0. The van der Waals surface area contributed by atoms with Gasteiger partial charge in [0, 0.05) is 6.04 Å². The van der Waals surface area contributed by atoms with Gasteiger partial charge in [-0.05, 0) is 19.8 Å². The Hall–Kier alpha value is -0.350. The molecule has 0 aromatic heterocycles. The number of rotatable bonds is 6. The molecule has 1 atom stereocenters. The van der Waals surface area contributed by atoms with Crippen LogP contribution >= 0.6 is 0 Å². The summed E-state index contributed by atoms with van der Waals surface area (Å²) in [5.41, 5.74) is 0. The molecular weight excluding hydrogens is 174 g/mol. The Balaban J connectivity index is 3.96. The van der Waals surface area contributed by atoms with Gasteiger partial charge in [-0.3, -0.25) is 0 Å². The van der Waals surface area contributed by atoms with E-state index >= 15 is 0 Å². The quantitative estimate of drug-likeness (QED) is 0.643. The van der Waals surface area contributed by atoms with E-state index in [1.165, 1.54) is 0 Å². The van der Waals surface area contributed by atoms with Crippen molar-refractivity contribution in [2.24, 2.45) is 0 Å². The van der Waals surface area contributed by atoms with Crippen molar-refractivity contribution in [1.29, 1.82) is 0 Å². The van der Waals surface area contributed by atoms with Gasteiger partial charge in [0.2, 0.25) is 10.0 Å². The van der Waals surface area contributed by atoms with E-state index in [0.29, 0.717) is 12.8 Å². The minimum atomic E-state index is -3.05. The zero-order chi connectivity index (χ0) is 9.61. The first kappa shape index (κ1) is 11.6. The molecule has 0 rings (SSSR count). The lowest BCUT2D eigenvalue weighted by Crippen LogP contribution is -2.33. The van der Waals surface area contributed by atoms with E-state index in [-0.39, 0.29) is 11.8 Å². The van der Waals surface area contributed by atoms with E-state index in [4.69, 9.17) is 0 Å². The van der Waals surface area contributed by atoms with E-state index in [2.05, 4.69) is 11.3 Å². The second-order valence-electron chi connectivity index (χ2n) is 2.86. The summed E-state index contributed by atoms with van der Waals surface area (Å²) < 4.78 is 24.9. The molecular formula is C8H17NO2S. The van der Waals surface area contributed by atoms with Crippen LogP contribution in [0, 0.1) is 0 Å². The van der Waals surface area contributed by atoms with Crippen molar-refractivity contribution < 1.29 is 8.42 Å². The van der Waals surface area contributed by atoms with Crippen LogP contribution in [0.4, 0.5) is 0 Å². The van der Waals surface area contributed by atoms with Crippen LogP contribution in [0.3, 0.4) is 0 Å². The molecule has 0 bridgehead atoms. The Morgan fingerprint density at radius 2 is 2.17 bits per heavy atom. The summed E-state index contributed by atoms with van der Waals surface area (Å²) in [5.74, 6) is 0.203. The first-order valence-corrected chi connectivity index (χ1v) is 5.78. The molecule has 0 aromatic carbocycles. The molecule has 1 unspecified atom stereocenters. The van der Waals surface area contributed by atoms with Crippen molar-refractivity contribution in [2.45, 2.75) is 32.7 Å². The summed E-state index contributed by atoms with van der Waals surface area (Å²) in [5, 5.41) is 0. The number of sulfonamides is 1. The van der Waals surface area contributed by atoms with Crippen LogP contribution in [-0.2, 0) is 10.0 Å². The highest BCUT2D eigenvalue weighted by atomic mass is 32.2. The van der Waals surface area contributed by atoms with Crippen LogP contribution in [0.15, 0.2) is 12.7 Å². The van der Waals surface area contributed by atoms with Crippen molar-refractivity contribution in [2.75, 3.05) is 5.75 Å². The van der Waals surface area contributed by atoms with Crippen LogP contribution in [0.1, 0.15) is 26.7 Å². The molecule has 0 fully saturated rings. The molecule has 3 nitrogen and oxygen atoms in total. The highest BCUT2D eigenvalue weighted by Gasteiger charge is 2.11. The van der Waals surface area contributed by atoms with Gasteiger partial charge in [0.05, 0.1) is 5.75 Å². The normalized spacial score (nSPS) is 14.2. The molecule has 0 saturated carbocycles. The summed E-state index contributed by atoms with van der Waals surface area (Å²) in [7, 11) is -3.05. The lowest BCUT2D eigenvalue weighted by Gasteiger charge is -2.10. The van der Waals surface area contributed by atoms with Crippen molar-refractivity contribution in [3.05, 3.63) is 12.7 Å². The fourth-order valence-electron chi connectivity index (χ4n) is 0.932. The fourth-order valence-corrected chi connectivity index (χ4v) is 2.30. The van der Waals surface area contributed by atoms with Crippen LogP contribution in [0.5, 0.6) is 0 Å². The molecule has 72 valence electrons. The Morgan fingerprint density at radius 3 is 2.58 bits per heavy atom. The van der Waals surface area contributed by atoms with Gasteiger partial charge in [0.25, 0.3) is 0 Å². The average molecular weight is 191 g/mol. The minimum Gasteiger partial charge on any atom is -0.212 e. The molecule has 0 amide bonds. The van der Waals surface area contributed by atoms with Gasteiger partial charge in [0.15, 0.2) is 0 Å². The second kappa shape index (κ2) is 5.32. The van der Waals surface area contributed by atoms with E-state index in [1.807, 2.05) is 13.8 Å². The van der Waals surface area contributed by atoms with Gasteiger partial charge in [0.1, 0.15) is 0 Å². The zero-order valence-electron chi connectivity index (χ0n) is 7.71. The van der Waals surface area contributed by atoms with E-state index in [0.717, 1.165) is 0 Å². The standard InChI is InChI=1S/C8H17NO2S/c1-4-6-8(3)9-12(10,11)7-5-2/h4,8-9H,1,5-7H2,2-3H3. The van der Waals surface area contributed by atoms with E-state index in [1.54, 1.807) is 6.08 Å². The van der Waals surface area contributed by atoms with Gasteiger partial charge >= 0.3 is 0 Å². The lowest BCUT2D eigenvalue weighted by molar-refractivity contribution is 0.561. The third kappa shape index (κ3) is 5.32. The SMILES string of the molecule is C=CCC(C)NS(=O)(=O)CCC. The zero-order valence-corrected chi connectivity index (χ0v) is 8.52. The summed E-state index contributed by atoms with van der Waals surface area (Å²) in [6, 6.07) is -0.0425. The van der Waals surface area contributed by atoms with Crippen LogP contribution in [0.2, 0.25) is 0 Å². The first-order chi connectivity index (χ1) is 5.52. The molecule has 0 heterocycles. The van der Waals surface area contributed by atoms with Crippen LogP contribution in [0.25, 0.3) is 0 Å². The van der Waals surface area contributed by atoms with Gasteiger partial charge in [-0.2, -0.15) is 0 Å². The predicted molar refractivity (Wildman–Crippen MR) is 51.5 cm³/mol. The molecule has 0 aliphatic rings. The number of hydrogen-bond acceptors (Lipinski definition) is 2. The number of hydrogen-bond donors (Lipinski definition) is 1. The van der Waals surface area contributed by atoms with Crippen molar-refractivity contribution in [1.82, 2.24) is 4.72 Å². The average Bonchev–Trinajstić information content (AvgIpc) is 1.85. The summed E-state index contributed by atoms with van der Waals surface area (Å²) in [4.78, 5) is 0. The molecule has 12 heavy (non-hydrogen) atoms. The molecule has 0 radical (unpaired) electrons. The molecule has 0 aromatic rings. The second-order valence-corrected chi connectivity index (χ2v) is 4.74. The summed E-state index contributed by atoms with van der Waals surface area (Å²) in [6.07, 6.45) is 3.03. The lowest BCUT2D eigenvalue weighted by atomic mass is 10.3. The maximum atomic E-state index is 11.2. The Bertz CT molecular complexity index is 221. The van der Waals surface area contributed by atoms with Crippen LogP contribution < -0.4 is 4.72 Å². The maximum absolute atomic E-state index is 11.2. The fraction of sp³-hybridized carbons (Fsp3) is 0.750. The monoisotopic (exact) mass is 191 g/mol. The highest BCUT2D eigenvalue weighted by Crippen LogP contribution is 1.96. The van der Waals surface area contributed by atoms with E-state index in [9.17, 15) is 8.42 Å². The molecule has 0 saturated heterocycles. The first-order valence-electron chi connectivity index (χ1n) is 4.12. The Morgan fingerprint density at radius 1 is 1.58 bits per heavy atom. The van der Waals surface area contributed by atoms with Gasteiger partial charge in [-0.25, -0.2) is 13.1 Å². The third-order valence-electron chi connectivity index (χ3n) is 1.37. The Labute approximate surface area is 74.9 Å². The molecule has 0 aliphatic heterocycles. The Kier molecular flexibility index (Phi) is 5.17. The minimum absolute atomic E-state index is 0.0425. The maximum Gasteiger partial charge on any atom is 0.211 e. The van der Waals surface area contributed by atoms with Crippen molar-refractivity contribution >= 4 is 10.0 Å². The van der Waals surface area contributed by atoms with Crippen molar-refractivity contribution in [3.63, 3.8) is 0 Å². The molecule has 4 heteroatoms. The largest absolute Gasteiger partial charge is 0.212 e. The van der Waals surface area contributed by atoms with Gasteiger partial charge in [-0.1, -0.05) is 13.0 Å². The number of nitrogens with one attached hydrogen (secondary N) is 1. The highest BCUT2D eigenvalue weighted by molar-refractivity contribution is 7.89. The van der Waals surface area contributed by atoms with Crippen molar-refractivity contribution in [3.8, 4) is 0 Å². The van der Waals surface area contributed by atoms with Gasteiger partial charge < -0.3 is 0 Å². The topological polar surface area (TPSA) is 46.2 Å². The molecule has 0 aliphatic carbocycles. The predicted octanol–water partition coefficient (Wildman–Crippen LogP) is 1.28. The van der Waals surface area contributed by atoms with E-state index < -0.39 is 10.0 Å². The van der Waals surface area contributed by atoms with Crippen LogP contribution in [-0.4, -0.2) is 20.2 Å². The summed E-state index contributed by atoms with van der Waals surface area (Å²) in [6.45, 7) is 7.21. The molecule has 1 N–H and O–H groups in total. The van der Waals surface area contributed by atoms with Gasteiger partial charge in [-0.15, -0.1) is 6.58 Å². The smallest absolute Gasteiger partial charge is 0.211 e. The third-order valence-corrected chi connectivity index (χ3v) is 3.08.